The molecule has 0 radical (unpaired) electrons. The van der Waals surface area contributed by atoms with Gasteiger partial charge in [-0.15, -0.1) is 0 Å². The van der Waals surface area contributed by atoms with Crippen molar-refractivity contribution in [3.05, 3.63) is 11.4 Å². The van der Waals surface area contributed by atoms with E-state index in [9.17, 15) is 0 Å². The number of hydrogen-bond donors (Lipinski definition) is 3. The maximum absolute atomic E-state index is 7.60. The summed E-state index contributed by atoms with van der Waals surface area (Å²) in [5, 5.41) is 10.7. The molecule has 1 saturated carbocycles. The van der Waals surface area contributed by atoms with Gasteiger partial charge < -0.3 is 16.5 Å². The van der Waals surface area contributed by atoms with E-state index in [0.717, 1.165) is 24.8 Å². The number of allylic oxidation sites excluding steroid dienone is 1. The van der Waals surface area contributed by atoms with Crippen molar-refractivity contribution < 1.29 is 0 Å². The first kappa shape index (κ1) is 9.10. The van der Waals surface area contributed by atoms with Gasteiger partial charge in [-0.2, -0.15) is 0 Å². The Hall–Kier alpha value is -0.990. The highest BCUT2D eigenvalue weighted by Gasteiger charge is 2.16. The Bertz CT molecular complexity index is 216. The number of rotatable bonds is 2. The molecule has 0 amide bonds. The highest BCUT2D eigenvalue weighted by molar-refractivity contribution is 6.00. The van der Waals surface area contributed by atoms with Crippen molar-refractivity contribution in [1.29, 1.82) is 5.41 Å². The van der Waals surface area contributed by atoms with Crippen LogP contribution in [0.5, 0.6) is 0 Å². The molecule has 0 aromatic rings. The predicted octanol–water partition coefficient (Wildman–Crippen LogP) is 1.36. The maximum Gasteiger partial charge on any atom is 0.101 e. The van der Waals surface area contributed by atoms with Crippen LogP contribution in [0.4, 0.5) is 0 Å². The smallest absolute Gasteiger partial charge is 0.101 e. The van der Waals surface area contributed by atoms with Crippen LogP contribution < -0.4 is 11.1 Å². The van der Waals surface area contributed by atoms with Crippen LogP contribution in [0.25, 0.3) is 0 Å². The molecule has 12 heavy (non-hydrogen) atoms. The molecule has 0 saturated heterocycles. The third-order valence-corrected chi connectivity index (χ3v) is 1.99. The van der Waals surface area contributed by atoms with Crippen LogP contribution in [0, 0.1) is 5.41 Å². The van der Waals surface area contributed by atoms with Crippen LogP contribution in [0.1, 0.15) is 33.1 Å². The first-order valence-corrected chi connectivity index (χ1v) is 4.44. The standard InChI is InChI=1S/C9H17N3/c1-6(2)12-9(11)7-4-3-5-8(7)10/h6,10,12H,3-5,11H2,1-2H3/b9-7-,10-8?. The van der Waals surface area contributed by atoms with Crippen molar-refractivity contribution in [2.24, 2.45) is 5.73 Å². The molecule has 0 bridgehead atoms. The Morgan fingerprint density at radius 2 is 2.17 bits per heavy atom. The third-order valence-electron chi connectivity index (χ3n) is 1.99. The monoisotopic (exact) mass is 167 g/mol. The molecule has 0 aliphatic heterocycles. The van der Waals surface area contributed by atoms with Gasteiger partial charge in [-0.25, -0.2) is 0 Å². The van der Waals surface area contributed by atoms with Crippen LogP contribution in [0.3, 0.4) is 0 Å². The molecule has 0 aromatic carbocycles. The van der Waals surface area contributed by atoms with E-state index in [1.807, 2.05) is 13.8 Å². The summed E-state index contributed by atoms with van der Waals surface area (Å²) in [5.74, 6) is 0.701. The highest BCUT2D eigenvalue weighted by atomic mass is 15.0. The highest BCUT2D eigenvalue weighted by Crippen LogP contribution is 2.21. The van der Waals surface area contributed by atoms with Gasteiger partial charge in [-0.3, -0.25) is 0 Å². The van der Waals surface area contributed by atoms with Crippen LogP contribution >= 0.6 is 0 Å². The molecule has 1 aliphatic carbocycles. The summed E-state index contributed by atoms with van der Waals surface area (Å²) < 4.78 is 0. The Morgan fingerprint density at radius 3 is 2.58 bits per heavy atom. The predicted molar refractivity (Wildman–Crippen MR) is 51.1 cm³/mol. The lowest BCUT2D eigenvalue weighted by molar-refractivity contribution is 0.657. The van der Waals surface area contributed by atoms with Crippen LogP contribution in [0.15, 0.2) is 11.4 Å². The molecular formula is C9H17N3. The third kappa shape index (κ3) is 2.00. The van der Waals surface area contributed by atoms with E-state index < -0.39 is 0 Å². The zero-order chi connectivity index (χ0) is 9.14. The van der Waals surface area contributed by atoms with Gasteiger partial charge in [-0.1, -0.05) is 0 Å². The van der Waals surface area contributed by atoms with E-state index >= 15 is 0 Å². The SMILES string of the molecule is CC(C)N/C(N)=C1/CCCC1=N. The topological polar surface area (TPSA) is 61.9 Å². The second-order valence-corrected chi connectivity index (χ2v) is 3.52. The van der Waals surface area contributed by atoms with E-state index in [1.165, 1.54) is 0 Å². The molecule has 1 aliphatic rings. The minimum atomic E-state index is 0.353. The van der Waals surface area contributed by atoms with Gasteiger partial charge in [0.2, 0.25) is 0 Å². The minimum Gasteiger partial charge on any atom is -0.385 e. The van der Waals surface area contributed by atoms with E-state index in [4.69, 9.17) is 11.1 Å². The second kappa shape index (κ2) is 3.61. The molecule has 1 fully saturated rings. The van der Waals surface area contributed by atoms with Crippen molar-refractivity contribution >= 4 is 5.71 Å². The van der Waals surface area contributed by atoms with Gasteiger partial charge in [0, 0.05) is 17.3 Å². The molecule has 68 valence electrons. The van der Waals surface area contributed by atoms with Crippen LogP contribution in [-0.4, -0.2) is 11.8 Å². The lowest BCUT2D eigenvalue weighted by Crippen LogP contribution is -2.29. The number of nitrogens with one attached hydrogen (secondary N) is 2. The minimum absolute atomic E-state index is 0.353. The van der Waals surface area contributed by atoms with Gasteiger partial charge in [0.25, 0.3) is 0 Å². The summed E-state index contributed by atoms with van der Waals surface area (Å²) in [6, 6.07) is 0.353. The van der Waals surface area contributed by atoms with Gasteiger partial charge in [0.15, 0.2) is 0 Å². The first-order valence-electron chi connectivity index (χ1n) is 4.44. The van der Waals surface area contributed by atoms with Crippen LogP contribution in [0.2, 0.25) is 0 Å². The first-order chi connectivity index (χ1) is 5.61. The second-order valence-electron chi connectivity index (χ2n) is 3.52. The molecule has 4 N–H and O–H groups in total. The van der Waals surface area contributed by atoms with E-state index in [2.05, 4.69) is 5.32 Å². The van der Waals surface area contributed by atoms with Gasteiger partial charge >= 0.3 is 0 Å². The summed E-state index contributed by atoms with van der Waals surface area (Å²) in [4.78, 5) is 0. The molecule has 3 heteroatoms. The van der Waals surface area contributed by atoms with Gasteiger partial charge in [-0.05, 0) is 33.1 Å². The molecule has 0 spiro atoms. The van der Waals surface area contributed by atoms with Crippen molar-refractivity contribution in [3.63, 3.8) is 0 Å². The van der Waals surface area contributed by atoms with Crippen molar-refractivity contribution in [1.82, 2.24) is 5.32 Å². The zero-order valence-electron chi connectivity index (χ0n) is 7.78. The molecule has 3 nitrogen and oxygen atoms in total. The summed E-state index contributed by atoms with van der Waals surface area (Å²) in [7, 11) is 0. The summed E-state index contributed by atoms with van der Waals surface area (Å²) in [6.07, 6.45) is 2.93. The Balaban J connectivity index is 2.68. The Kier molecular flexibility index (Phi) is 2.74. The van der Waals surface area contributed by atoms with E-state index in [1.54, 1.807) is 0 Å². The summed E-state index contributed by atoms with van der Waals surface area (Å²) in [5.41, 5.74) is 7.52. The van der Waals surface area contributed by atoms with Crippen molar-refractivity contribution in [2.45, 2.75) is 39.2 Å². The molecule has 1 rings (SSSR count). The number of nitrogens with two attached hydrogens (primary N) is 1. The van der Waals surface area contributed by atoms with Crippen molar-refractivity contribution in [3.8, 4) is 0 Å². The summed E-state index contributed by atoms with van der Waals surface area (Å²) in [6.45, 7) is 4.10. The van der Waals surface area contributed by atoms with Crippen molar-refractivity contribution in [2.75, 3.05) is 0 Å². The quantitative estimate of drug-likeness (QED) is 0.581. The molecule has 0 unspecified atom stereocenters. The Morgan fingerprint density at radius 1 is 1.50 bits per heavy atom. The van der Waals surface area contributed by atoms with E-state index in [-0.39, 0.29) is 0 Å². The molecule has 0 atom stereocenters. The summed E-state index contributed by atoms with van der Waals surface area (Å²) >= 11 is 0. The fraction of sp³-hybridized carbons (Fsp3) is 0.667. The average molecular weight is 167 g/mol. The average Bonchev–Trinajstić information content (AvgIpc) is 2.33. The molecular weight excluding hydrogens is 150 g/mol. The fourth-order valence-electron chi connectivity index (χ4n) is 1.44. The largest absolute Gasteiger partial charge is 0.385 e. The fourth-order valence-corrected chi connectivity index (χ4v) is 1.44. The van der Waals surface area contributed by atoms with Crippen LogP contribution in [-0.2, 0) is 0 Å². The maximum atomic E-state index is 7.60. The number of hydrogen-bond acceptors (Lipinski definition) is 3. The lowest BCUT2D eigenvalue weighted by atomic mass is 10.2. The lowest BCUT2D eigenvalue weighted by Gasteiger charge is -2.12. The zero-order valence-corrected chi connectivity index (χ0v) is 7.78. The molecule has 0 aromatic heterocycles. The van der Waals surface area contributed by atoms with E-state index in [0.29, 0.717) is 17.6 Å². The molecule has 0 heterocycles. The van der Waals surface area contributed by atoms with Gasteiger partial charge in [0.05, 0.1) is 0 Å². The van der Waals surface area contributed by atoms with Gasteiger partial charge in [0.1, 0.15) is 5.82 Å². The normalized spacial score (nSPS) is 21.8. The Labute approximate surface area is 73.5 Å².